The van der Waals surface area contributed by atoms with Gasteiger partial charge in [0.15, 0.2) is 0 Å². The zero-order valence-corrected chi connectivity index (χ0v) is 12.5. The number of carbonyl (C=O) groups excluding carboxylic acids is 2. The highest BCUT2D eigenvalue weighted by atomic mass is 16.6. The van der Waals surface area contributed by atoms with Crippen molar-refractivity contribution in [2.24, 2.45) is 0 Å². The molecule has 0 saturated carbocycles. The quantitative estimate of drug-likeness (QED) is 0.769. The van der Waals surface area contributed by atoms with Gasteiger partial charge in [0.05, 0.1) is 19.6 Å². The van der Waals surface area contributed by atoms with Crippen molar-refractivity contribution in [2.45, 2.75) is 38.8 Å². The molecule has 1 unspecified atom stereocenters. The summed E-state index contributed by atoms with van der Waals surface area (Å²) in [6, 6.07) is -1.31. The number of morpholine rings is 1. The predicted molar refractivity (Wildman–Crippen MR) is 72.8 cm³/mol. The van der Waals surface area contributed by atoms with Gasteiger partial charge in [-0.1, -0.05) is 0 Å². The Bertz CT molecular complexity index is 398. The molecule has 0 spiro atoms. The zero-order valence-electron chi connectivity index (χ0n) is 12.5. The molecule has 0 aliphatic carbocycles. The number of nitrogens with zero attached hydrogens (tertiary/aromatic N) is 1. The molecule has 1 atom stereocenters. The minimum atomic E-state index is -1.31. The number of amides is 2. The molecular weight excluding hydrogens is 280 g/mol. The van der Waals surface area contributed by atoms with Crippen molar-refractivity contribution in [3.8, 4) is 0 Å². The van der Waals surface area contributed by atoms with Gasteiger partial charge in [-0.05, 0) is 20.8 Å². The molecule has 0 aromatic heterocycles. The third kappa shape index (κ3) is 6.44. The second-order valence-electron chi connectivity index (χ2n) is 5.73. The van der Waals surface area contributed by atoms with Gasteiger partial charge in [-0.3, -0.25) is 4.79 Å². The SMILES string of the molecule is CC(C)(C)OC(=O)NC(CC(=O)N1CCOCC1)C(=O)O. The molecule has 2 amide bonds. The summed E-state index contributed by atoms with van der Waals surface area (Å²) >= 11 is 0. The maximum absolute atomic E-state index is 12.0. The molecule has 8 nitrogen and oxygen atoms in total. The molecule has 1 fully saturated rings. The van der Waals surface area contributed by atoms with Gasteiger partial charge in [0.2, 0.25) is 5.91 Å². The fourth-order valence-corrected chi connectivity index (χ4v) is 1.77. The maximum Gasteiger partial charge on any atom is 0.408 e. The highest BCUT2D eigenvalue weighted by molar-refractivity contribution is 5.87. The molecule has 120 valence electrons. The van der Waals surface area contributed by atoms with Crippen LogP contribution in [0, 0.1) is 0 Å². The monoisotopic (exact) mass is 302 g/mol. The molecule has 21 heavy (non-hydrogen) atoms. The third-order valence-corrected chi connectivity index (χ3v) is 2.73. The minimum absolute atomic E-state index is 0.311. The zero-order chi connectivity index (χ0) is 16.0. The Labute approximate surface area is 123 Å². The fourth-order valence-electron chi connectivity index (χ4n) is 1.77. The van der Waals surface area contributed by atoms with Crippen molar-refractivity contribution < 1.29 is 29.0 Å². The number of carboxylic acids is 1. The van der Waals surface area contributed by atoms with Crippen LogP contribution in [0.1, 0.15) is 27.2 Å². The predicted octanol–water partition coefficient (Wildman–Crippen LogP) is 0.213. The number of carbonyl (C=O) groups is 3. The number of carboxylic acid groups (broad SMARTS) is 1. The van der Waals surface area contributed by atoms with Crippen LogP contribution < -0.4 is 5.32 Å². The first-order valence-corrected chi connectivity index (χ1v) is 6.77. The Balaban J connectivity index is 2.55. The van der Waals surface area contributed by atoms with Gasteiger partial charge >= 0.3 is 12.1 Å². The van der Waals surface area contributed by atoms with Crippen LogP contribution in [0.5, 0.6) is 0 Å². The molecule has 1 heterocycles. The van der Waals surface area contributed by atoms with E-state index in [0.717, 1.165) is 0 Å². The van der Waals surface area contributed by atoms with E-state index in [-0.39, 0.29) is 12.3 Å². The Hall–Kier alpha value is -1.83. The lowest BCUT2D eigenvalue weighted by Gasteiger charge is -2.28. The lowest BCUT2D eigenvalue weighted by Crippen LogP contribution is -2.48. The van der Waals surface area contributed by atoms with Crippen molar-refractivity contribution in [3.05, 3.63) is 0 Å². The van der Waals surface area contributed by atoms with E-state index in [0.29, 0.717) is 26.3 Å². The van der Waals surface area contributed by atoms with Crippen LogP contribution in [-0.4, -0.2) is 65.9 Å². The fraction of sp³-hybridized carbons (Fsp3) is 0.769. The van der Waals surface area contributed by atoms with E-state index in [9.17, 15) is 14.4 Å². The average molecular weight is 302 g/mol. The molecule has 0 aromatic carbocycles. The first kappa shape index (κ1) is 17.2. The Morgan fingerprint density at radius 3 is 2.33 bits per heavy atom. The van der Waals surface area contributed by atoms with Crippen LogP contribution in [0.25, 0.3) is 0 Å². The number of nitrogens with one attached hydrogen (secondary N) is 1. The largest absolute Gasteiger partial charge is 0.480 e. The lowest BCUT2D eigenvalue weighted by molar-refractivity contribution is -0.144. The highest BCUT2D eigenvalue weighted by Gasteiger charge is 2.28. The smallest absolute Gasteiger partial charge is 0.408 e. The van der Waals surface area contributed by atoms with E-state index >= 15 is 0 Å². The second kappa shape index (κ2) is 7.26. The number of hydrogen-bond donors (Lipinski definition) is 2. The van der Waals surface area contributed by atoms with Gasteiger partial charge in [-0.25, -0.2) is 9.59 Å². The average Bonchev–Trinajstić information content (AvgIpc) is 2.36. The van der Waals surface area contributed by atoms with Crippen LogP contribution in [0.4, 0.5) is 4.79 Å². The van der Waals surface area contributed by atoms with E-state index in [1.54, 1.807) is 20.8 Å². The van der Waals surface area contributed by atoms with Crippen LogP contribution in [-0.2, 0) is 19.1 Å². The number of alkyl carbamates (subject to hydrolysis) is 1. The Morgan fingerprint density at radius 1 is 1.29 bits per heavy atom. The van der Waals surface area contributed by atoms with E-state index in [1.165, 1.54) is 4.90 Å². The summed E-state index contributed by atoms with van der Waals surface area (Å²) in [5.74, 6) is -1.61. The molecule has 0 aromatic rings. The summed E-state index contributed by atoms with van der Waals surface area (Å²) in [4.78, 5) is 36.3. The van der Waals surface area contributed by atoms with Crippen molar-refractivity contribution in [1.29, 1.82) is 0 Å². The number of rotatable bonds is 4. The van der Waals surface area contributed by atoms with E-state index < -0.39 is 23.7 Å². The standard InChI is InChI=1S/C13H22N2O6/c1-13(2,3)21-12(19)14-9(11(17)18)8-10(16)15-4-6-20-7-5-15/h9H,4-8H2,1-3H3,(H,14,19)(H,17,18). The molecule has 1 rings (SSSR count). The maximum atomic E-state index is 12.0. The minimum Gasteiger partial charge on any atom is -0.480 e. The molecule has 2 N–H and O–H groups in total. The van der Waals surface area contributed by atoms with E-state index in [2.05, 4.69) is 5.32 Å². The van der Waals surface area contributed by atoms with Gasteiger partial charge in [0.1, 0.15) is 11.6 Å². The van der Waals surface area contributed by atoms with Crippen LogP contribution >= 0.6 is 0 Å². The molecular formula is C13H22N2O6. The summed E-state index contributed by atoms with van der Waals surface area (Å²) in [5.41, 5.74) is -0.735. The molecule has 1 saturated heterocycles. The Kier molecular flexibility index (Phi) is 5.95. The number of aliphatic carboxylic acids is 1. The van der Waals surface area contributed by atoms with Crippen LogP contribution in [0.15, 0.2) is 0 Å². The molecule has 8 heteroatoms. The van der Waals surface area contributed by atoms with Crippen molar-refractivity contribution in [3.63, 3.8) is 0 Å². The summed E-state index contributed by atoms with van der Waals surface area (Å²) in [6.07, 6.45) is -1.17. The first-order chi connectivity index (χ1) is 9.69. The van der Waals surface area contributed by atoms with Crippen molar-refractivity contribution in [2.75, 3.05) is 26.3 Å². The molecule has 1 aliphatic heterocycles. The summed E-state index contributed by atoms with van der Waals surface area (Å²) in [5, 5.41) is 11.3. The number of ether oxygens (including phenoxy) is 2. The normalized spacial score (nSPS) is 17.0. The summed E-state index contributed by atoms with van der Waals surface area (Å²) < 4.78 is 10.1. The summed E-state index contributed by atoms with van der Waals surface area (Å²) in [7, 11) is 0. The first-order valence-electron chi connectivity index (χ1n) is 6.77. The molecule has 1 aliphatic rings. The van der Waals surface area contributed by atoms with Crippen molar-refractivity contribution >= 4 is 18.0 Å². The van der Waals surface area contributed by atoms with E-state index in [1.807, 2.05) is 0 Å². The molecule has 0 bridgehead atoms. The summed E-state index contributed by atoms with van der Waals surface area (Å²) in [6.45, 7) is 6.73. The Morgan fingerprint density at radius 2 is 1.86 bits per heavy atom. The van der Waals surface area contributed by atoms with Crippen LogP contribution in [0.2, 0.25) is 0 Å². The van der Waals surface area contributed by atoms with Gasteiger partial charge in [-0.15, -0.1) is 0 Å². The molecule has 0 radical (unpaired) electrons. The lowest BCUT2D eigenvalue weighted by atomic mass is 10.2. The van der Waals surface area contributed by atoms with Crippen LogP contribution in [0.3, 0.4) is 0 Å². The van der Waals surface area contributed by atoms with Gasteiger partial charge in [0, 0.05) is 13.1 Å². The van der Waals surface area contributed by atoms with Gasteiger partial charge in [-0.2, -0.15) is 0 Å². The van der Waals surface area contributed by atoms with E-state index in [4.69, 9.17) is 14.6 Å². The van der Waals surface area contributed by atoms with Gasteiger partial charge < -0.3 is 24.8 Å². The van der Waals surface area contributed by atoms with Crippen molar-refractivity contribution in [1.82, 2.24) is 10.2 Å². The number of hydrogen-bond acceptors (Lipinski definition) is 5. The third-order valence-electron chi connectivity index (χ3n) is 2.73. The highest BCUT2D eigenvalue weighted by Crippen LogP contribution is 2.08. The topological polar surface area (TPSA) is 105 Å². The van der Waals surface area contributed by atoms with Gasteiger partial charge in [0.25, 0.3) is 0 Å². The second-order valence-corrected chi connectivity index (χ2v) is 5.73.